The van der Waals surface area contributed by atoms with E-state index in [2.05, 4.69) is 17.2 Å². The summed E-state index contributed by atoms with van der Waals surface area (Å²) in [5, 5.41) is 10.9. The van der Waals surface area contributed by atoms with Gasteiger partial charge in [0.1, 0.15) is 12.4 Å². The standard InChI is InChI=1S/C31H28N2O9S2/c1-21-12-13-24(32-28(35)42-20-22-9-5-3-6-10-22)19-23(21)11-7-4-8-18-31(27(34)33(29(36)37)30(38)43-31)44(39,40)26-16-14-25(41-2)15-17-26/h3,5-6,9-10,12-17,19H,4,8,18,20H2,1-2H3,(H,32,35)(H,36,37). The average Bonchev–Trinajstić information content (AvgIpc) is 3.28. The number of hydrogen-bond donors (Lipinski definition) is 2. The predicted molar refractivity (Wildman–Crippen MR) is 163 cm³/mol. The Kier molecular flexibility index (Phi) is 9.97. The predicted octanol–water partition coefficient (Wildman–Crippen LogP) is 5.82. The van der Waals surface area contributed by atoms with Gasteiger partial charge in [0, 0.05) is 17.7 Å². The SMILES string of the molecule is COc1ccc(S(=O)(=O)C2(CCCC#Cc3cc(NC(=O)OCc4ccccc4)ccc3C)SC(=O)N(C(=O)O)C2=O)cc1. The maximum Gasteiger partial charge on any atom is 0.421 e. The molecule has 13 heteroatoms. The van der Waals surface area contributed by atoms with E-state index in [1.54, 1.807) is 18.2 Å². The Morgan fingerprint density at radius 3 is 2.39 bits per heavy atom. The van der Waals surface area contributed by atoms with Crippen LogP contribution in [0, 0.1) is 18.8 Å². The minimum absolute atomic E-state index is 0.0602. The van der Waals surface area contributed by atoms with E-state index in [1.807, 2.05) is 37.3 Å². The number of carbonyl (C=O) groups is 4. The molecule has 1 aliphatic heterocycles. The number of carbonyl (C=O) groups excluding carboxylic acids is 3. The Bertz CT molecular complexity index is 1750. The topological polar surface area (TPSA) is 156 Å². The number of sulfone groups is 1. The number of rotatable bonds is 9. The van der Waals surface area contributed by atoms with Gasteiger partial charge < -0.3 is 14.6 Å². The second kappa shape index (κ2) is 13.7. The third kappa shape index (κ3) is 6.88. The van der Waals surface area contributed by atoms with Gasteiger partial charge in [-0.2, -0.15) is 4.90 Å². The first-order chi connectivity index (χ1) is 21.0. The van der Waals surface area contributed by atoms with Crippen LogP contribution >= 0.6 is 11.8 Å². The smallest absolute Gasteiger partial charge is 0.421 e. The number of benzene rings is 3. The summed E-state index contributed by atoms with van der Waals surface area (Å²) in [6.45, 7) is 1.94. The van der Waals surface area contributed by atoms with Gasteiger partial charge in [0.15, 0.2) is 0 Å². The molecule has 1 heterocycles. The Morgan fingerprint density at radius 2 is 1.75 bits per heavy atom. The number of nitrogens with one attached hydrogen (secondary N) is 1. The molecule has 0 aromatic heterocycles. The van der Waals surface area contributed by atoms with Crippen molar-refractivity contribution in [1.29, 1.82) is 0 Å². The first kappa shape index (κ1) is 32.1. The summed E-state index contributed by atoms with van der Waals surface area (Å²) in [5.74, 6) is 4.96. The molecule has 1 unspecified atom stereocenters. The summed E-state index contributed by atoms with van der Waals surface area (Å²) in [4.78, 5) is 49.3. The molecule has 4 rings (SSSR count). The van der Waals surface area contributed by atoms with E-state index >= 15 is 0 Å². The molecular weight excluding hydrogens is 608 g/mol. The van der Waals surface area contributed by atoms with Gasteiger partial charge in [-0.15, -0.1) is 0 Å². The van der Waals surface area contributed by atoms with Crippen LogP contribution < -0.4 is 10.1 Å². The van der Waals surface area contributed by atoms with Gasteiger partial charge in [-0.05, 0) is 79.1 Å². The van der Waals surface area contributed by atoms with Crippen molar-refractivity contribution in [3.05, 3.63) is 89.5 Å². The first-order valence-corrected chi connectivity index (χ1v) is 15.5. The van der Waals surface area contributed by atoms with Crippen LogP contribution in [-0.2, 0) is 26.0 Å². The van der Waals surface area contributed by atoms with Crippen molar-refractivity contribution in [2.45, 2.75) is 41.8 Å². The number of thioether (sulfide) groups is 1. The van der Waals surface area contributed by atoms with Crippen molar-refractivity contribution >= 4 is 50.6 Å². The Balaban J connectivity index is 1.47. The Labute approximate surface area is 258 Å². The lowest BCUT2D eigenvalue weighted by atomic mass is 10.1. The third-order valence-electron chi connectivity index (χ3n) is 6.69. The molecule has 0 radical (unpaired) electrons. The number of aryl methyl sites for hydroxylation is 1. The minimum atomic E-state index is -4.53. The van der Waals surface area contributed by atoms with E-state index < -0.39 is 37.2 Å². The number of imide groups is 3. The molecule has 1 aliphatic rings. The molecule has 1 fully saturated rings. The fourth-order valence-corrected chi connectivity index (χ4v) is 7.84. The molecule has 44 heavy (non-hydrogen) atoms. The largest absolute Gasteiger partial charge is 0.497 e. The number of unbranched alkanes of at least 4 members (excludes halogenated alkanes) is 1. The van der Waals surface area contributed by atoms with Crippen molar-refractivity contribution < 1.29 is 42.2 Å². The van der Waals surface area contributed by atoms with Crippen LogP contribution in [0.15, 0.2) is 77.7 Å². The lowest BCUT2D eigenvalue weighted by molar-refractivity contribution is -0.126. The van der Waals surface area contributed by atoms with E-state index in [9.17, 15) is 32.7 Å². The number of hydrogen-bond acceptors (Lipinski definition) is 9. The Hall–Kier alpha value is -4.80. The molecule has 0 aliphatic carbocycles. The average molecular weight is 637 g/mol. The fourth-order valence-electron chi connectivity index (χ4n) is 4.33. The Morgan fingerprint density at radius 1 is 1.05 bits per heavy atom. The van der Waals surface area contributed by atoms with Gasteiger partial charge in [0.2, 0.25) is 13.9 Å². The summed E-state index contributed by atoms with van der Waals surface area (Å²) in [6, 6.07) is 19.6. The summed E-state index contributed by atoms with van der Waals surface area (Å²) < 4.78 is 35.4. The maximum absolute atomic E-state index is 13.7. The van der Waals surface area contributed by atoms with E-state index in [0.717, 1.165) is 11.1 Å². The normalized spacial score (nSPS) is 16.2. The van der Waals surface area contributed by atoms with E-state index in [0.29, 0.717) is 17.0 Å². The zero-order chi connectivity index (χ0) is 31.9. The number of amides is 4. The van der Waals surface area contributed by atoms with Crippen LogP contribution in [0.1, 0.15) is 36.0 Å². The fraction of sp³-hybridized carbons (Fsp3) is 0.226. The second-order valence-corrected chi connectivity index (χ2v) is 13.3. The monoisotopic (exact) mass is 636 g/mol. The van der Waals surface area contributed by atoms with Gasteiger partial charge in [0.25, 0.3) is 11.1 Å². The van der Waals surface area contributed by atoms with Crippen molar-refractivity contribution in [3.8, 4) is 17.6 Å². The molecule has 1 atom stereocenters. The molecule has 3 aromatic carbocycles. The summed E-state index contributed by atoms with van der Waals surface area (Å²) in [5.41, 5.74) is 2.73. The summed E-state index contributed by atoms with van der Waals surface area (Å²) in [6.07, 6.45) is -2.66. The van der Waals surface area contributed by atoms with Crippen molar-refractivity contribution in [2.75, 3.05) is 12.4 Å². The highest BCUT2D eigenvalue weighted by Gasteiger charge is 2.63. The van der Waals surface area contributed by atoms with E-state index in [-0.39, 0.29) is 47.4 Å². The maximum atomic E-state index is 13.7. The molecule has 0 spiro atoms. The lowest BCUT2D eigenvalue weighted by Gasteiger charge is -2.24. The quantitative estimate of drug-likeness (QED) is 0.217. The van der Waals surface area contributed by atoms with E-state index in [4.69, 9.17) is 9.47 Å². The molecule has 1 saturated heterocycles. The van der Waals surface area contributed by atoms with E-state index in [1.165, 1.54) is 31.4 Å². The third-order valence-corrected chi connectivity index (χ3v) is 10.8. The molecule has 0 saturated carbocycles. The molecule has 0 bridgehead atoms. The number of nitrogens with zero attached hydrogens (tertiary/aromatic N) is 1. The highest BCUT2D eigenvalue weighted by atomic mass is 32.3. The first-order valence-electron chi connectivity index (χ1n) is 13.2. The van der Waals surface area contributed by atoms with Crippen LogP contribution in [0.25, 0.3) is 0 Å². The van der Waals surface area contributed by atoms with Crippen LogP contribution in [0.3, 0.4) is 0 Å². The number of carboxylic acid groups (broad SMARTS) is 1. The van der Waals surface area contributed by atoms with Gasteiger partial charge in [-0.25, -0.2) is 18.0 Å². The van der Waals surface area contributed by atoms with Gasteiger partial charge >= 0.3 is 12.2 Å². The highest BCUT2D eigenvalue weighted by Crippen LogP contribution is 2.48. The minimum Gasteiger partial charge on any atom is -0.497 e. The summed E-state index contributed by atoms with van der Waals surface area (Å²) in [7, 11) is -3.12. The molecule has 3 aromatic rings. The van der Waals surface area contributed by atoms with Crippen LogP contribution in [0.5, 0.6) is 5.75 Å². The van der Waals surface area contributed by atoms with Crippen LogP contribution in [0.2, 0.25) is 0 Å². The number of ether oxygens (including phenoxy) is 2. The number of methoxy groups -OCH3 is 1. The molecular formula is C31H28N2O9S2. The van der Waals surface area contributed by atoms with Crippen LogP contribution in [0.4, 0.5) is 20.1 Å². The van der Waals surface area contributed by atoms with Gasteiger partial charge in [-0.3, -0.25) is 14.9 Å². The lowest BCUT2D eigenvalue weighted by Crippen LogP contribution is -2.47. The zero-order valence-electron chi connectivity index (χ0n) is 23.7. The van der Waals surface area contributed by atoms with Crippen LogP contribution in [-0.4, -0.2) is 52.9 Å². The molecule has 2 N–H and O–H groups in total. The van der Waals surface area contributed by atoms with Crippen molar-refractivity contribution in [3.63, 3.8) is 0 Å². The van der Waals surface area contributed by atoms with Crippen molar-refractivity contribution in [2.24, 2.45) is 0 Å². The molecule has 228 valence electrons. The highest BCUT2D eigenvalue weighted by molar-refractivity contribution is 8.25. The molecule has 4 amide bonds. The zero-order valence-corrected chi connectivity index (χ0v) is 25.4. The second-order valence-electron chi connectivity index (χ2n) is 9.59. The van der Waals surface area contributed by atoms with Gasteiger partial charge in [0.05, 0.1) is 12.0 Å². The van der Waals surface area contributed by atoms with Crippen molar-refractivity contribution in [1.82, 2.24) is 4.90 Å². The number of anilines is 1. The molecule has 11 nitrogen and oxygen atoms in total. The van der Waals surface area contributed by atoms with Gasteiger partial charge in [-0.1, -0.05) is 48.2 Å². The summed E-state index contributed by atoms with van der Waals surface area (Å²) >= 11 is 0.173.